The first-order chi connectivity index (χ1) is 8.17. The average Bonchev–Trinajstić information content (AvgIpc) is 2.34. The van der Waals surface area contributed by atoms with Gasteiger partial charge < -0.3 is 21.5 Å². The highest BCUT2D eigenvalue weighted by Gasteiger charge is 2.15. The van der Waals surface area contributed by atoms with Crippen LogP contribution in [-0.2, 0) is 4.79 Å². The molecule has 0 rings (SSSR count). The topological polar surface area (TPSA) is 87.4 Å². The number of carbonyl (C=O) groups is 1. The van der Waals surface area contributed by atoms with E-state index in [1.54, 1.807) is 0 Å². The van der Waals surface area contributed by atoms with E-state index in [9.17, 15) is 4.79 Å². The molecule has 0 aliphatic rings. The van der Waals surface area contributed by atoms with Crippen molar-refractivity contribution in [1.82, 2.24) is 10.6 Å². The predicted molar refractivity (Wildman–Crippen MR) is 69.7 cm³/mol. The zero-order valence-electron chi connectivity index (χ0n) is 11.0. The van der Waals surface area contributed by atoms with Crippen molar-refractivity contribution in [2.45, 2.75) is 51.6 Å². The second-order valence-electron chi connectivity index (χ2n) is 4.27. The highest BCUT2D eigenvalue weighted by atomic mass is 16.3. The molecular formula is C12H27N3O2. The van der Waals surface area contributed by atoms with Crippen LogP contribution in [-0.4, -0.2) is 42.8 Å². The Morgan fingerprint density at radius 3 is 2.53 bits per heavy atom. The largest absolute Gasteiger partial charge is 0.396 e. The van der Waals surface area contributed by atoms with Gasteiger partial charge in [0, 0.05) is 38.2 Å². The lowest BCUT2D eigenvalue weighted by Crippen LogP contribution is -2.45. The van der Waals surface area contributed by atoms with Crippen molar-refractivity contribution in [3.8, 4) is 0 Å². The molecule has 5 nitrogen and oxygen atoms in total. The molecular weight excluding hydrogens is 218 g/mol. The van der Waals surface area contributed by atoms with E-state index >= 15 is 0 Å². The Morgan fingerprint density at radius 2 is 2.06 bits per heavy atom. The highest BCUT2D eigenvalue weighted by Crippen LogP contribution is 2.01. The fraction of sp³-hybridized carbons (Fsp3) is 0.917. The van der Waals surface area contributed by atoms with Crippen LogP contribution in [0.1, 0.15) is 39.5 Å². The molecule has 0 saturated heterocycles. The summed E-state index contributed by atoms with van der Waals surface area (Å²) in [7, 11) is 0. The van der Waals surface area contributed by atoms with Crippen molar-refractivity contribution in [2.24, 2.45) is 5.73 Å². The zero-order chi connectivity index (χ0) is 13.1. The van der Waals surface area contributed by atoms with Gasteiger partial charge in [-0.3, -0.25) is 4.79 Å². The maximum atomic E-state index is 11.5. The van der Waals surface area contributed by atoms with Crippen molar-refractivity contribution >= 4 is 5.91 Å². The van der Waals surface area contributed by atoms with Gasteiger partial charge in [0.25, 0.3) is 0 Å². The molecule has 0 aliphatic carbocycles. The normalized spacial score (nSPS) is 14.4. The summed E-state index contributed by atoms with van der Waals surface area (Å²) in [5.41, 5.74) is 5.64. The monoisotopic (exact) mass is 245 g/mol. The van der Waals surface area contributed by atoms with E-state index in [-0.39, 0.29) is 24.6 Å². The third-order valence-corrected chi connectivity index (χ3v) is 2.73. The summed E-state index contributed by atoms with van der Waals surface area (Å²) in [4.78, 5) is 11.5. The van der Waals surface area contributed by atoms with Gasteiger partial charge in [0.05, 0.1) is 0 Å². The van der Waals surface area contributed by atoms with E-state index in [4.69, 9.17) is 10.8 Å². The molecule has 0 fully saturated rings. The van der Waals surface area contributed by atoms with Crippen LogP contribution in [0, 0.1) is 0 Å². The first-order valence-corrected chi connectivity index (χ1v) is 6.51. The zero-order valence-corrected chi connectivity index (χ0v) is 11.0. The van der Waals surface area contributed by atoms with Crippen LogP contribution in [0.2, 0.25) is 0 Å². The second kappa shape index (κ2) is 10.5. The number of aliphatic hydroxyl groups excluding tert-OH is 1. The van der Waals surface area contributed by atoms with Gasteiger partial charge in [-0.15, -0.1) is 0 Å². The summed E-state index contributed by atoms with van der Waals surface area (Å²) in [6.07, 6.45) is 2.96. The number of hydrogen-bond donors (Lipinski definition) is 4. The van der Waals surface area contributed by atoms with Crippen LogP contribution < -0.4 is 16.4 Å². The van der Waals surface area contributed by atoms with Crippen LogP contribution in [0.5, 0.6) is 0 Å². The Balaban J connectivity index is 4.00. The second-order valence-corrected chi connectivity index (χ2v) is 4.27. The van der Waals surface area contributed by atoms with Crippen LogP contribution in [0.25, 0.3) is 0 Å². The first kappa shape index (κ1) is 16.4. The van der Waals surface area contributed by atoms with E-state index in [0.717, 1.165) is 12.8 Å². The van der Waals surface area contributed by atoms with Gasteiger partial charge in [0.2, 0.25) is 5.91 Å². The van der Waals surface area contributed by atoms with Crippen molar-refractivity contribution in [1.29, 1.82) is 0 Å². The highest BCUT2D eigenvalue weighted by molar-refractivity contribution is 5.76. The van der Waals surface area contributed by atoms with Crippen LogP contribution in [0.15, 0.2) is 0 Å². The number of carbonyl (C=O) groups excluding carboxylic acids is 1. The van der Waals surface area contributed by atoms with Crippen LogP contribution >= 0.6 is 0 Å². The van der Waals surface area contributed by atoms with Gasteiger partial charge in [-0.25, -0.2) is 0 Å². The molecule has 1 amide bonds. The van der Waals surface area contributed by atoms with Gasteiger partial charge in [0.15, 0.2) is 0 Å². The summed E-state index contributed by atoms with van der Waals surface area (Å²) in [5, 5.41) is 15.1. The Labute approximate surface area is 104 Å². The van der Waals surface area contributed by atoms with Gasteiger partial charge in [0.1, 0.15) is 0 Å². The minimum absolute atomic E-state index is 0.0108. The van der Waals surface area contributed by atoms with E-state index in [0.29, 0.717) is 25.9 Å². The molecule has 0 aromatic carbocycles. The molecule has 0 bridgehead atoms. The quantitative estimate of drug-likeness (QED) is 0.436. The van der Waals surface area contributed by atoms with E-state index < -0.39 is 0 Å². The molecule has 0 aliphatic heterocycles. The van der Waals surface area contributed by atoms with Crippen molar-refractivity contribution in [3.05, 3.63) is 0 Å². The van der Waals surface area contributed by atoms with Crippen molar-refractivity contribution in [3.63, 3.8) is 0 Å². The fourth-order valence-electron chi connectivity index (χ4n) is 1.67. The Morgan fingerprint density at radius 1 is 1.35 bits per heavy atom. The van der Waals surface area contributed by atoms with E-state index in [1.807, 2.05) is 6.92 Å². The summed E-state index contributed by atoms with van der Waals surface area (Å²) in [6.45, 7) is 5.38. The average molecular weight is 245 g/mol. The maximum Gasteiger partial charge on any atom is 0.221 e. The summed E-state index contributed by atoms with van der Waals surface area (Å²) < 4.78 is 0. The lowest BCUT2D eigenvalue weighted by atomic mass is 10.1. The first-order valence-electron chi connectivity index (χ1n) is 6.51. The molecule has 0 spiro atoms. The van der Waals surface area contributed by atoms with Gasteiger partial charge >= 0.3 is 0 Å². The molecule has 0 aromatic heterocycles. The molecule has 0 aromatic rings. The number of aliphatic hydroxyl groups is 1. The SMILES string of the molecule is CCCNC(=O)CC(CN)NC(CC)CCO. The van der Waals surface area contributed by atoms with Crippen LogP contribution in [0.3, 0.4) is 0 Å². The molecule has 0 saturated carbocycles. The fourth-order valence-corrected chi connectivity index (χ4v) is 1.67. The minimum Gasteiger partial charge on any atom is -0.396 e. The van der Waals surface area contributed by atoms with Gasteiger partial charge in [-0.05, 0) is 19.3 Å². The molecule has 2 unspecified atom stereocenters. The lowest BCUT2D eigenvalue weighted by molar-refractivity contribution is -0.121. The number of rotatable bonds is 10. The molecule has 0 radical (unpaired) electrons. The minimum atomic E-state index is -0.0108. The molecule has 17 heavy (non-hydrogen) atoms. The van der Waals surface area contributed by atoms with Crippen molar-refractivity contribution in [2.75, 3.05) is 19.7 Å². The molecule has 5 N–H and O–H groups in total. The standard InChI is InChI=1S/C12H27N3O2/c1-3-6-14-12(17)8-11(9-13)15-10(4-2)5-7-16/h10-11,15-16H,3-9,13H2,1-2H3,(H,14,17). The molecule has 0 heterocycles. The summed E-state index contributed by atoms with van der Waals surface area (Å²) in [5.74, 6) is 0.0358. The Bertz CT molecular complexity index is 200. The van der Waals surface area contributed by atoms with Gasteiger partial charge in [-0.1, -0.05) is 13.8 Å². The summed E-state index contributed by atoms with van der Waals surface area (Å²) >= 11 is 0. The number of amides is 1. The number of nitrogens with two attached hydrogens (primary N) is 1. The number of hydrogen-bond acceptors (Lipinski definition) is 4. The third-order valence-electron chi connectivity index (χ3n) is 2.73. The maximum absolute atomic E-state index is 11.5. The number of nitrogens with one attached hydrogen (secondary N) is 2. The van der Waals surface area contributed by atoms with E-state index in [2.05, 4.69) is 17.6 Å². The molecule has 5 heteroatoms. The van der Waals surface area contributed by atoms with E-state index in [1.165, 1.54) is 0 Å². The van der Waals surface area contributed by atoms with Gasteiger partial charge in [-0.2, -0.15) is 0 Å². The third kappa shape index (κ3) is 8.12. The Kier molecular flexibility index (Phi) is 10.1. The lowest BCUT2D eigenvalue weighted by Gasteiger charge is -2.23. The summed E-state index contributed by atoms with van der Waals surface area (Å²) in [6, 6.07) is 0.218. The smallest absolute Gasteiger partial charge is 0.221 e. The van der Waals surface area contributed by atoms with Crippen molar-refractivity contribution < 1.29 is 9.90 Å². The molecule has 102 valence electrons. The van der Waals surface area contributed by atoms with Crippen LogP contribution in [0.4, 0.5) is 0 Å². The molecule has 2 atom stereocenters. The predicted octanol–water partition coefficient (Wildman–Crippen LogP) is -0.0194. The Hall–Kier alpha value is -0.650.